The number of methoxy groups -OCH3 is 1. The van der Waals surface area contributed by atoms with E-state index < -0.39 is 5.60 Å². The maximum Gasteiger partial charge on any atom is 0.285 e. The summed E-state index contributed by atoms with van der Waals surface area (Å²) >= 11 is 0. The van der Waals surface area contributed by atoms with Gasteiger partial charge in [0.15, 0.2) is 11.2 Å². The number of hydrogen-bond donors (Lipinski definition) is 1. The van der Waals surface area contributed by atoms with Gasteiger partial charge in [-0.3, -0.25) is 9.89 Å². The van der Waals surface area contributed by atoms with Gasteiger partial charge in [-0.05, 0) is 31.9 Å². The predicted molar refractivity (Wildman–Crippen MR) is 124 cm³/mol. The van der Waals surface area contributed by atoms with E-state index in [1.54, 1.807) is 14.0 Å². The van der Waals surface area contributed by atoms with Gasteiger partial charge in [-0.1, -0.05) is 60.7 Å². The van der Waals surface area contributed by atoms with E-state index in [0.717, 1.165) is 22.4 Å². The van der Waals surface area contributed by atoms with E-state index in [2.05, 4.69) is 15.3 Å². The van der Waals surface area contributed by atoms with E-state index in [4.69, 9.17) is 14.1 Å². The largest absolute Gasteiger partial charge is 0.417 e. The van der Waals surface area contributed by atoms with Crippen molar-refractivity contribution < 1.29 is 9.15 Å². The summed E-state index contributed by atoms with van der Waals surface area (Å²) in [5.74, 6) is 0.352. The number of hydrogen-bond acceptors (Lipinski definition) is 6. The summed E-state index contributed by atoms with van der Waals surface area (Å²) in [5.41, 5.74) is 3.59. The van der Waals surface area contributed by atoms with Crippen LogP contribution in [0, 0.1) is 13.8 Å². The number of nitrogens with zero attached hydrogens (tertiary/aromatic N) is 4. The van der Waals surface area contributed by atoms with Gasteiger partial charge in [0.25, 0.3) is 17.3 Å². The van der Waals surface area contributed by atoms with Crippen LogP contribution in [0.15, 0.2) is 69.9 Å². The monoisotopic (exact) mass is 441 g/mol. The molecule has 1 atom stereocenters. The molecule has 0 fully saturated rings. The van der Waals surface area contributed by atoms with Crippen molar-refractivity contribution in [1.82, 2.24) is 24.8 Å². The summed E-state index contributed by atoms with van der Waals surface area (Å²) < 4.78 is 13.2. The Bertz CT molecular complexity index is 1500. The number of rotatable bonds is 5. The molecular formula is C25H23N5O3. The van der Waals surface area contributed by atoms with Gasteiger partial charge < -0.3 is 9.15 Å². The van der Waals surface area contributed by atoms with E-state index in [9.17, 15) is 4.79 Å². The highest BCUT2D eigenvalue weighted by Crippen LogP contribution is 2.33. The fourth-order valence-electron chi connectivity index (χ4n) is 4.09. The molecular weight excluding hydrogens is 418 g/mol. The van der Waals surface area contributed by atoms with Crippen LogP contribution in [0.3, 0.4) is 0 Å². The van der Waals surface area contributed by atoms with Gasteiger partial charge in [0.1, 0.15) is 5.56 Å². The highest BCUT2D eigenvalue weighted by atomic mass is 16.5. The molecule has 3 heterocycles. The Labute approximate surface area is 189 Å². The molecule has 8 heteroatoms. The standard InChI is InChI=1S/C25H23N5O3/c1-15-20(22-27-28-24(33-22)25(3,32-4)18-13-9-6-10-14-18)23(31)30-21(26-15)19(16(2)29-30)17-11-7-5-8-12-17/h5-14,29H,1-4H3/t25-/m0/s1. The van der Waals surface area contributed by atoms with Crippen LogP contribution in [0.5, 0.6) is 0 Å². The molecule has 0 aliphatic heterocycles. The molecule has 0 radical (unpaired) electrons. The van der Waals surface area contributed by atoms with Crippen LogP contribution in [0.4, 0.5) is 0 Å². The fourth-order valence-corrected chi connectivity index (χ4v) is 4.09. The van der Waals surface area contributed by atoms with Crippen LogP contribution >= 0.6 is 0 Å². The number of aromatic amines is 1. The zero-order valence-electron chi connectivity index (χ0n) is 18.8. The lowest BCUT2D eigenvalue weighted by molar-refractivity contribution is 0.0161. The second kappa shape index (κ2) is 7.83. The Balaban J connectivity index is 1.65. The molecule has 0 aliphatic carbocycles. The quantitative estimate of drug-likeness (QED) is 0.437. The zero-order valence-corrected chi connectivity index (χ0v) is 18.8. The molecule has 33 heavy (non-hydrogen) atoms. The third-order valence-electron chi connectivity index (χ3n) is 5.98. The van der Waals surface area contributed by atoms with Gasteiger partial charge in [0.2, 0.25) is 0 Å². The molecule has 0 bridgehead atoms. The Morgan fingerprint density at radius 3 is 2.30 bits per heavy atom. The molecule has 8 nitrogen and oxygen atoms in total. The normalized spacial score (nSPS) is 13.3. The lowest BCUT2D eigenvalue weighted by Crippen LogP contribution is -2.26. The molecule has 1 N–H and O–H groups in total. The number of aryl methyl sites for hydroxylation is 2. The maximum absolute atomic E-state index is 13.5. The summed E-state index contributed by atoms with van der Waals surface area (Å²) in [7, 11) is 1.58. The number of H-pyrrole nitrogens is 1. The van der Waals surface area contributed by atoms with E-state index in [0.29, 0.717) is 11.3 Å². The van der Waals surface area contributed by atoms with Crippen molar-refractivity contribution in [2.24, 2.45) is 0 Å². The highest BCUT2D eigenvalue weighted by Gasteiger charge is 2.35. The molecule has 0 aliphatic rings. The molecule has 3 aromatic heterocycles. The van der Waals surface area contributed by atoms with Gasteiger partial charge in [-0.25, -0.2) is 9.50 Å². The summed E-state index contributed by atoms with van der Waals surface area (Å²) in [6.07, 6.45) is 0. The van der Waals surface area contributed by atoms with Gasteiger partial charge in [-0.15, -0.1) is 10.2 Å². The average molecular weight is 441 g/mol. The number of nitrogens with one attached hydrogen (secondary N) is 1. The van der Waals surface area contributed by atoms with Crippen molar-refractivity contribution in [1.29, 1.82) is 0 Å². The molecule has 0 spiro atoms. The predicted octanol–water partition coefficient (Wildman–Crippen LogP) is 4.27. The smallest absolute Gasteiger partial charge is 0.285 e. The molecule has 166 valence electrons. The topological polar surface area (TPSA) is 98.3 Å². The molecule has 0 amide bonds. The van der Waals surface area contributed by atoms with Gasteiger partial charge in [-0.2, -0.15) is 0 Å². The second-order valence-electron chi connectivity index (χ2n) is 8.03. The van der Waals surface area contributed by atoms with E-state index in [-0.39, 0.29) is 22.9 Å². The Morgan fingerprint density at radius 1 is 0.970 bits per heavy atom. The van der Waals surface area contributed by atoms with Crippen molar-refractivity contribution in [3.05, 3.63) is 93.9 Å². The van der Waals surface area contributed by atoms with Gasteiger partial charge in [0, 0.05) is 18.4 Å². The molecule has 0 unspecified atom stereocenters. The number of fused-ring (bicyclic) bond motifs is 1. The number of aromatic nitrogens is 5. The molecule has 0 saturated carbocycles. The third-order valence-corrected chi connectivity index (χ3v) is 5.98. The maximum atomic E-state index is 13.5. The fraction of sp³-hybridized carbons (Fsp3) is 0.200. The number of ether oxygens (including phenoxy) is 1. The molecule has 0 saturated heterocycles. The molecule has 2 aromatic carbocycles. The second-order valence-corrected chi connectivity index (χ2v) is 8.03. The van der Waals surface area contributed by atoms with E-state index in [1.165, 1.54) is 4.52 Å². The van der Waals surface area contributed by atoms with Crippen LogP contribution in [-0.2, 0) is 10.3 Å². The average Bonchev–Trinajstić information content (AvgIpc) is 3.45. The third kappa shape index (κ3) is 3.27. The van der Waals surface area contributed by atoms with Crippen molar-refractivity contribution in [2.75, 3.05) is 7.11 Å². The summed E-state index contributed by atoms with van der Waals surface area (Å²) in [5, 5.41) is 11.5. The molecule has 5 rings (SSSR count). The van der Waals surface area contributed by atoms with Crippen LogP contribution in [0.1, 0.15) is 29.8 Å². The first-order valence-corrected chi connectivity index (χ1v) is 10.6. The highest BCUT2D eigenvalue weighted by molar-refractivity contribution is 5.80. The Morgan fingerprint density at radius 2 is 1.64 bits per heavy atom. The van der Waals surface area contributed by atoms with Gasteiger partial charge in [0.05, 0.1) is 5.69 Å². The van der Waals surface area contributed by atoms with E-state index >= 15 is 0 Å². The van der Waals surface area contributed by atoms with Gasteiger partial charge >= 0.3 is 0 Å². The summed E-state index contributed by atoms with van der Waals surface area (Å²) in [4.78, 5) is 18.2. The number of benzene rings is 2. The zero-order chi connectivity index (χ0) is 23.2. The van der Waals surface area contributed by atoms with Crippen molar-refractivity contribution in [3.63, 3.8) is 0 Å². The van der Waals surface area contributed by atoms with Crippen LogP contribution in [0.25, 0.3) is 28.2 Å². The first kappa shape index (κ1) is 20.8. The van der Waals surface area contributed by atoms with Crippen molar-refractivity contribution in [3.8, 4) is 22.6 Å². The minimum Gasteiger partial charge on any atom is -0.417 e. The SMILES string of the molecule is CO[C@@](C)(c1ccccc1)c1nnc(-c2c(C)nc3c(-c4ccccc4)c(C)[nH]n3c2=O)o1. The summed E-state index contributed by atoms with van der Waals surface area (Å²) in [6.45, 7) is 5.53. The Hall–Kier alpha value is -4.04. The van der Waals surface area contributed by atoms with Crippen LogP contribution < -0.4 is 5.56 Å². The lowest BCUT2D eigenvalue weighted by atomic mass is 9.96. The van der Waals surface area contributed by atoms with Crippen LogP contribution in [0.2, 0.25) is 0 Å². The Kier molecular flexibility index (Phi) is 4.94. The summed E-state index contributed by atoms with van der Waals surface area (Å²) in [6, 6.07) is 19.4. The first-order chi connectivity index (χ1) is 15.9. The minimum atomic E-state index is -0.961. The van der Waals surface area contributed by atoms with E-state index in [1.807, 2.05) is 74.5 Å². The van der Waals surface area contributed by atoms with Crippen molar-refractivity contribution in [2.45, 2.75) is 26.4 Å². The lowest BCUT2D eigenvalue weighted by Gasteiger charge is -2.24. The van der Waals surface area contributed by atoms with Crippen molar-refractivity contribution >= 4 is 5.65 Å². The molecule has 5 aromatic rings. The first-order valence-electron chi connectivity index (χ1n) is 10.6. The van der Waals surface area contributed by atoms with Crippen LogP contribution in [-0.4, -0.2) is 31.9 Å². The minimum absolute atomic E-state index is 0.0992.